The molecule has 0 amide bonds. The van der Waals surface area contributed by atoms with Gasteiger partial charge in [0.2, 0.25) is 0 Å². The van der Waals surface area contributed by atoms with Crippen LogP contribution >= 0.6 is 0 Å². The lowest BCUT2D eigenvalue weighted by molar-refractivity contribution is 0.132. The number of rotatable bonds is 12. The number of allylic oxidation sites excluding steroid dienone is 1. The maximum atomic E-state index is 5.51. The topological polar surface area (TPSA) is 21.3 Å². The third-order valence-corrected chi connectivity index (χ3v) is 2.70. The summed E-state index contributed by atoms with van der Waals surface area (Å²) in [4.78, 5) is 0. The molecule has 0 fully saturated rings. The van der Waals surface area contributed by atoms with E-state index >= 15 is 0 Å². The maximum Gasteiger partial charge on any atom is 0.0590 e. The summed E-state index contributed by atoms with van der Waals surface area (Å²) < 4.78 is 5.51. The molecule has 1 N–H and O–H groups in total. The van der Waals surface area contributed by atoms with Crippen LogP contribution in [-0.2, 0) is 4.74 Å². The van der Waals surface area contributed by atoms with Gasteiger partial charge >= 0.3 is 0 Å². The lowest BCUT2D eigenvalue weighted by Gasteiger charge is -2.09. The van der Waals surface area contributed by atoms with E-state index in [2.05, 4.69) is 25.7 Å². The monoisotopic (exact) mass is 227 g/mol. The highest BCUT2D eigenvalue weighted by molar-refractivity contribution is 4.70. The molecule has 0 aliphatic carbocycles. The lowest BCUT2D eigenvalue weighted by Crippen LogP contribution is -2.22. The normalized spacial score (nSPS) is 12.6. The van der Waals surface area contributed by atoms with Crippen LogP contribution in [0, 0.1) is 5.92 Å². The molecular formula is C14H29NO. The van der Waals surface area contributed by atoms with E-state index in [9.17, 15) is 0 Å². The molecule has 0 radical (unpaired) electrons. The van der Waals surface area contributed by atoms with Gasteiger partial charge in [-0.05, 0) is 31.7 Å². The van der Waals surface area contributed by atoms with E-state index in [4.69, 9.17) is 4.74 Å². The molecule has 2 heteroatoms. The molecule has 0 bridgehead atoms. The summed E-state index contributed by atoms with van der Waals surface area (Å²) in [7, 11) is 0. The minimum atomic E-state index is 0.746. The fourth-order valence-electron chi connectivity index (χ4n) is 1.58. The second-order valence-corrected chi connectivity index (χ2v) is 4.49. The van der Waals surface area contributed by atoms with E-state index in [1.54, 1.807) is 0 Å². The van der Waals surface area contributed by atoms with E-state index in [0.29, 0.717) is 0 Å². The van der Waals surface area contributed by atoms with E-state index in [1.165, 1.54) is 25.7 Å². The zero-order valence-electron chi connectivity index (χ0n) is 11.1. The highest BCUT2D eigenvalue weighted by atomic mass is 16.5. The summed E-state index contributed by atoms with van der Waals surface area (Å²) in [5.74, 6) is 0.746. The summed E-state index contributed by atoms with van der Waals surface area (Å²) in [5, 5.41) is 3.41. The van der Waals surface area contributed by atoms with Crippen LogP contribution in [0.3, 0.4) is 0 Å². The Morgan fingerprint density at radius 3 is 2.75 bits per heavy atom. The molecule has 0 saturated carbocycles. The standard InChI is InChI=1S/C14H29NO/c1-4-6-7-12-16-13-11-15-10-9-14(3)8-5-2/h5,14-15H,2,4,6-13H2,1,3H3. The Kier molecular flexibility index (Phi) is 12.5. The first-order chi connectivity index (χ1) is 7.81. The van der Waals surface area contributed by atoms with Gasteiger partial charge in [0.05, 0.1) is 6.61 Å². The largest absolute Gasteiger partial charge is 0.380 e. The molecule has 2 nitrogen and oxygen atoms in total. The molecule has 0 saturated heterocycles. The number of nitrogens with one attached hydrogen (secondary N) is 1. The third-order valence-electron chi connectivity index (χ3n) is 2.70. The molecule has 0 aromatic heterocycles. The smallest absolute Gasteiger partial charge is 0.0590 e. The Labute approximate surface area is 101 Å². The Morgan fingerprint density at radius 2 is 2.06 bits per heavy atom. The van der Waals surface area contributed by atoms with Gasteiger partial charge in [0.25, 0.3) is 0 Å². The predicted octanol–water partition coefficient (Wildman–Crippen LogP) is 3.39. The van der Waals surface area contributed by atoms with Crippen LogP contribution in [0.15, 0.2) is 12.7 Å². The van der Waals surface area contributed by atoms with Crippen molar-refractivity contribution in [3.8, 4) is 0 Å². The summed E-state index contributed by atoms with van der Waals surface area (Å²) in [6.07, 6.45) is 8.10. The fraction of sp³-hybridized carbons (Fsp3) is 0.857. The van der Waals surface area contributed by atoms with Gasteiger partial charge in [-0.1, -0.05) is 32.8 Å². The Morgan fingerprint density at radius 1 is 1.25 bits per heavy atom. The van der Waals surface area contributed by atoms with Crippen molar-refractivity contribution >= 4 is 0 Å². The van der Waals surface area contributed by atoms with Crippen LogP contribution in [0.5, 0.6) is 0 Å². The number of hydrogen-bond donors (Lipinski definition) is 1. The molecule has 0 heterocycles. The molecule has 1 atom stereocenters. The molecule has 0 spiro atoms. The zero-order chi connectivity index (χ0) is 12.1. The lowest BCUT2D eigenvalue weighted by atomic mass is 10.0. The first-order valence-corrected chi connectivity index (χ1v) is 6.70. The number of hydrogen-bond acceptors (Lipinski definition) is 2. The zero-order valence-corrected chi connectivity index (χ0v) is 11.1. The van der Waals surface area contributed by atoms with Crippen LogP contribution < -0.4 is 5.32 Å². The average Bonchev–Trinajstić information content (AvgIpc) is 2.27. The van der Waals surface area contributed by atoms with Gasteiger partial charge < -0.3 is 10.1 Å². The van der Waals surface area contributed by atoms with Crippen molar-refractivity contribution in [2.75, 3.05) is 26.3 Å². The highest BCUT2D eigenvalue weighted by Crippen LogP contribution is 2.05. The van der Waals surface area contributed by atoms with Gasteiger partial charge in [0.15, 0.2) is 0 Å². The Bertz CT molecular complexity index is 148. The number of ether oxygens (including phenoxy) is 1. The SMILES string of the molecule is C=CCC(C)CCNCCOCCCCC. The second kappa shape index (κ2) is 12.7. The first kappa shape index (κ1) is 15.7. The third kappa shape index (κ3) is 11.7. The minimum Gasteiger partial charge on any atom is -0.380 e. The molecule has 0 aromatic carbocycles. The van der Waals surface area contributed by atoms with E-state index in [0.717, 1.165) is 38.6 Å². The van der Waals surface area contributed by atoms with Crippen molar-refractivity contribution < 1.29 is 4.74 Å². The van der Waals surface area contributed by atoms with Crippen molar-refractivity contribution in [3.05, 3.63) is 12.7 Å². The van der Waals surface area contributed by atoms with Gasteiger partial charge in [0.1, 0.15) is 0 Å². The summed E-state index contributed by atoms with van der Waals surface area (Å²) in [6.45, 7) is 12.1. The van der Waals surface area contributed by atoms with Crippen LogP contribution in [0.1, 0.15) is 46.0 Å². The van der Waals surface area contributed by atoms with Crippen LogP contribution in [-0.4, -0.2) is 26.3 Å². The van der Waals surface area contributed by atoms with Crippen LogP contribution in [0.25, 0.3) is 0 Å². The van der Waals surface area contributed by atoms with Gasteiger partial charge in [0, 0.05) is 13.2 Å². The van der Waals surface area contributed by atoms with E-state index in [-0.39, 0.29) is 0 Å². The molecule has 96 valence electrons. The molecule has 0 rings (SSSR count). The molecular weight excluding hydrogens is 198 g/mol. The fourth-order valence-corrected chi connectivity index (χ4v) is 1.58. The summed E-state index contributed by atoms with van der Waals surface area (Å²) in [6, 6.07) is 0. The number of unbranched alkanes of at least 4 members (excludes halogenated alkanes) is 2. The van der Waals surface area contributed by atoms with Crippen molar-refractivity contribution in [2.45, 2.75) is 46.0 Å². The predicted molar refractivity (Wildman–Crippen MR) is 71.8 cm³/mol. The van der Waals surface area contributed by atoms with Crippen molar-refractivity contribution in [2.24, 2.45) is 5.92 Å². The van der Waals surface area contributed by atoms with Gasteiger partial charge in [-0.15, -0.1) is 6.58 Å². The van der Waals surface area contributed by atoms with E-state index in [1.807, 2.05) is 6.08 Å². The van der Waals surface area contributed by atoms with Gasteiger partial charge in [-0.25, -0.2) is 0 Å². The molecule has 1 unspecified atom stereocenters. The maximum absolute atomic E-state index is 5.51. The Hall–Kier alpha value is -0.340. The molecule has 0 aromatic rings. The van der Waals surface area contributed by atoms with Crippen molar-refractivity contribution in [1.82, 2.24) is 5.32 Å². The van der Waals surface area contributed by atoms with Gasteiger partial charge in [-0.3, -0.25) is 0 Å². The Balaban J connectivity index is 3.00. The first-order valence-electron chi connectivity index (χ1n) is 6.70. The van der Waals surface area contributed by atoms with Crippen LogP contribution in [0.4, 0.5) is 0 Å². The molecule has 0 aliphatic heterocycles. The highest BCUT2D eigenvalue weighted by Gasteiger charge is 1.98. The molecule has 16 heavy (non-hydrogen) atoms. The molecule has 0 aliphatic rings. The van der Waals surface area contributed by atoms with Crippen molar-refractivity contribution in [1.29, 1.82) is 0 Å². The quantitative estimate of drug-likeness (QED) is 0.407. The van der Waals surface area contributed by atoms with Crippen LogP contribution in [0.2, 0.25) is 0 Å². The van der Waals surface area contributed by atoms with E-state index < -0.39 is 0 Å². The summed E-state index contributed by atoms with van der Waals surface area (Å²) >= 11 is 0. The average molecular weight is 227 g/mol. The second-order valence-electron chi connectivity index (χ2n) is 4.49. The van der Waals surface area contributed by atoms with Gasteiger partial charge in [-0.2, -0.15) is 0 Å². The minimum absolute atomic E-state index is 0.746. The summed E-state index contributed by atoms with van der Waals surface area (Å²) in [5.41, 5.74) is 0. The van der Waals surface area contributed by atoms with Crippen molar-refractivity contribution in [3.63, 3.8) is 0 Å².